The van der Waals surface area contributed by atoms with Crippen LogP contribution in [-0.2, 0) is 6.42 Å². The Morgan fingerprint density at radius 3 is 2.82 bits per heavy atom. The molecule has 1 atom stereocenters. The van der Waals surface area contributed by atoms with Gasteiger partial charge in [0.05, 0.1) is 0 Å². The highest BCUT2D eigenvalue weighted by Gasteiger charge is 2.20. The van der Waals surface area contributed by atoms with Gasteiger partial charge in [-0.2, -0.15) is 0 Å². The van der Waals surface area contributed by atoms with Crippen molar-refractivity contribution in [2.75, 3.05) is 0 Å². The number of aryl methyl sites for hydroxylation is 1. The molecule has 0 radical (unpaired) electrons. The van der Waals surface area contributed by atoms with Crippen molar-refractivity contribution in [1.29, 1.82) is 0 Å². The van der Waals surface area contributed by atoms with Crippen LogP contribution >= 0.6 is 15.9 Å². The number of fused-ring (bicyclic) bond motifs is 1. The topological polar surface area (TPSA) is 17.8 Å². The van der Waals surface area contributed by atoms with Crippen molar-refractivity contribution in [2.24, 2.45) is 0 Å². The summed E-state index contributed by atoms with van der Waals surface area (Å²) in [5, 5.41) is 0. The normalized spacial score (nSPS) is 19.1. The van der Waals surface area contributed by atoms with E-state index < -0.39 is 0 Å². The smallest absolute Gasteiger partial charge is 0.140 e. The van der Waals surface area contributed by atoms with Gasteiger partial charge in [0.15, 0.2) is 0 Å². The first kappa shape index (κ1) is 11.0. The minimum atomic E-state index is 0.569. The monoisotopic (exact) mass is 290 g/mol. The zero-order chi connectivity index (χ0) is 11.8. The maximum atomic E-state index is 4.60. The molecule has 0 aliphatic carbocycles. The van der Waals surface area contributed by atoms with Crippen LogP contribution in [0.2, 0.25) is 0 Å². The van der Waals surface area contributed by atoms with Gasteiger partial charge in [-0.25, -0.2) is 4.98 Å². The SMILES string of the molecule is CC1CCCc2cnc(-c3ccc(Br)cc3)n21. The number of nitrogens with zero attached hydrogens (tertiary/aromatic N) is 2. The molecule has 1 aliphatic rings. The Bertz CT molecular complexity index is 528. The van der Waals surface area contributed by atoms with Crippen LogP contribution in [0.4, 0.5) is 0 Å². The van der Waals surface area contributed by atoms with Crippen LogP contribution in [0, 0.1) is 0 Å². The molecule has 17 heavy (non-hydrogen) atoms. The standard InChI is InChI=1S/C14H15BrN2/c1-10-3-2-4-13-9-16-14(17(10)13)11-5-7-12(15)8-6-11/h5-10H,2-4H2,1H3. The molecule has 3 heteroatoms. The Morgan fingerprint density at radius 1 is 1.29 bits per heavy atom. The van der Waals surface area contributed by atoms with Gasteiger partial charge >= 0.3 is 0 Å². The predicted octanol–water partition coefficient (Wildman–Crippen LogP) is 4.21. The zero-order valence-corrected chi connectivity index (χ0v) is 11.4. The minimum absolute atomic E-state index is 0.569. The van der Waals surface area contributed by atoms with Crippen molar-refractivity contribution in [3.8, 4) is 11.4 Å². The molecule has 1 unspecified atom stereocenters. The van der Waals surface area contributed by atoms with Gasteiger partial charge in [-0.1, -0.05) is 28.1 Å². The predicted molar refractivity (Wildman–Crippen MR) is 73.0 cm³/mol. The lowest BCUT2D eigenvalue weighted by Gasteiger charge is -2.24. The summed E-state index contributed by atoms with van der Waals surface area (Å²) in [5.41, 5.74) is 2.58. The number of hydrogen-bond acceptors (Lipinski definition) is 1. The van der Waals surface area contributed by atoms with Crippen LogP contribution in [0.3, 0.4) is 0 Å². The van der Waals surface area contributed by atoms with Gasteiger partial charge in [-0.15, -0.1) is 0 Å². The van der Waals surface area contributed by atoms with Crippen LogP contribution < -0.4 is 0 Å². The highest BCUT2D eigenvalue weighted by atomic mass is 79.9. The Kier molecular flexibility index (Phi) is 2.79. The molecule has 0 saturated carbocycles. The zero-order valence-electron chi connectivity index (χ0n) is 9.86. The van der Waals surface area contributed by atoms with Crippen LogP contribution in [0.15, 0.2) is 34.9 Å². The summed E-state index contributed by atoms with van der Waals surface area (Å²) in [5.74, 6) is 1.11. The quantitative estimate of drug-likeness (QED) is 0.769. The number of halogens is 1. The summed E-state index contributed by atoms with van der Waals surface area (Å²) >= 11 is 3.47. The second-order valence-corrected chi connectivity index (χ2v) is 5.61. The van der Waals surface area contributed by atoms with Crippen molar-refractivity contribution in [3.63, 3.8) is 0 Å². The molecule has 0 bridgehead atoms. The van der Waals surface area contributed by atoms with E-state index in [2.05, 4.69) is 56.7 Å². The summed E-state index contributed by atoms with van der Waals surface area (Å²) in [6.45, 7) is 2.28. The first-order chi connectivity index (χ1) is 8.25. The molecular formula is C14H15BrN2. The molecule has 0 saturated heterocycles. The van der Waals surface area contributed by atoms with E-state index in [1.165, 1.54) is 24.1 Å². The van der Waals surface area contributed by atoms with E-state index in [0.717, 1.165) is 16.7 Å². The van der Waals surface area contributed by atoms with E-state index in [4.69, 9.17) is 0 Å². The summed E-state index contributed by atoms with van der Waals surface area (Å²) in [6.07, 6.45) is 5.74. The Balaban J connectivity index is 2.09. The fourth-order valence-electron chi connectivity index (χ4n) is 2.59. The van der Waals surface area contributed by atoms with Crippen LogP contribution in [0.25, 0.3) is 11.4 Å². The van der Waals surface area contributed by atoms with Gasteiger partial charge in [0.25, 0.3) is 0 Å². The molecule has 0 fully saturated rings. The summed E-state index contributed by atoms with van der Waals surface area (Å²) < 4.78 is 3.51. The van der Waals surface area contributed by atoms with E-state index in [1.54, 1.807) is 0 Å². The van der Waals surface area contributed by atoms with Gasteiger partial charge in [-0.05, 0) is 38.3 Å². The third-order valence-corrected chi connectivity index (χ3v) is 4.00. The van der Waals surface area contributed by atoms with Gasteiger partial charge < -0.3 is 4.57 Å². The van der Waals surface area contributed by atoms with Crippen LogP contribution in [0.1, 0.15) is 31.5 Å². The van der Waals surface area contributed by atoms with Gasteiger partial charge in [0.1, 0.15) is 5.82 Å². The Morgan fingerprint density at radius 2 is 2.06 bits per heavy atom. The van der Waals surface area contributed by atoms with Gasteiger partial charge in [-0.3, -0.25) is 0 Å². The first-order valence-electron chi connectivity index (χ1n) is 6.08. The van der Waals surface area contributed by atoms with Crippen molar-refractivity contribution in [3.05, 3.63) is 40.6 Å². The molecule has 2 nitrogen and oxygen atoms in total. The number of benzene rings is 1. The number of rotatable bonds is 1. The molecule has 1 aliphatic heterocycles. The Labute approximate surface area is 110 Å². The third-order valence-electron chi connectivity index (χ3n) is 3.47. The van der Waals surface area contributed by atoms with Crippen molar-refractivity contribution in [1.82, 2.24) is 9.55 Å². The minimum Gasteiger partial charge on any atom is -0.325 e. The molecule has 0 amide bonds. The molecule has 0 N–H and O–H groups in total. The molecule has 2 heterocycles. The van der Waals surface area contributed by atoms with E-state index in [0.29, 0.717) is 6.04 Å². The van der Waals surface area contributed by atoms with Crippen LogP contribution in [-0.4, -0.2) is 9.55 Å². The number of hydrogen-bond donors (Lipinski definition) is 0. The molecule has 88 valence electrons. The fourth-order valence-corrected chi connectivity index (χ4v) is 2.86. The van der Waals surface area contributed by atoms with E-state index >= 15 is 0 Å². The highest BCUT2D eigenvalue weighted by Crippen LogP contribution is 2.31. The van der Waals surface area contributed by atoms with Crippen molar-refractivity contribution in [2.45, 2.75) is 32.2 Å². The van der Waals surface area contributed by atoms with Crippen molar-refractivity contribution < 1.29 is 0 Å². The number of imidazole rings is 1. The first-order valence-corrected chi connectivity index (χ1v) is 6.87. The van der Waals surface area contributed by atoms with E-state index in [9.17, 15) is 0 Å². The fraction of sp³-hybridized carbons (Fsp3) is 0.357. The average Bonchev–Trinajstić information content (AvgIpc) is 2.75. The molecule has 0 spiro atoms. The van der Waals surface area contributed by atoms with Crippen molar-refractivity contribution >= 4 is 15.9 Å². The molecule has 1 aromatic carbocycles. The Hall–Kier alpha value is -1.09. The molecule has 1 aromatic heterocycles. The second kappa shape index (κ2) is 4.30. The lowest BCUT2D eigenvalue weighted by Crippen LogP contribution is -2.15. The lowest BCUT2D eigenvalue weighted by molar-refractivity contribution is 0.436. The molecule has 2 aromatic rings. The van der Waals surface area contributed by atoms with Gasteiger partial charge in [0.2, 0.25) is 0 Å². The van der Waals surface area contributed by atoms with Gasteiger partial charge in [0, 0.05) is 28.0 Å². The maximum absolute atomic E-state index is 4.60. The molecule has 3 rings (SSSR count). The molecular weight excluding hydrogens is 276 g/mol. The average molecular weight is 291 g/mol. The van der Waals surface area contributed by atoms with Crippen LogP contribution in [0.5, 0.6) is 0 Å². The summed E-state index contributed by atoms with van der Waals surface area (Å²) in [7, 11) is 0. The largest absolute Gasteiger partial charge is 0.325 e. The third kappa shape index (κ3) is 1.93. The lowest BCUT2D eigenvalue weighted by atomic mass is 10.0. The van der Waals surface area contributed by atoms with E-state index in [-0.39, 0.29) is 0 Å². The number of aromatic nitrogens is 2. The highest BCUT2D eigenvalue weighted by molar-refractivity contribution is 9.10. The maximum Gasteiger partial charge on any atom is 0.140 e. The second-order valence-electron chi connectivity index (χ2n) is 4.69. The summed E-state index contributed by atoms with van der Waals surface area (Å²) in [6, 6.07) is 8.97. The van der Waals surface area contributed by atoms with E-state index in [1.807, 2.05) is 6.20 Å². The summed E-state index contributed by atoms with van der Waals surface area (Å²) in [4.78, 5) is 4.60.